The first kappa shape index (κ1) is 36.3. The van der Waals surface area contributed by atoms with E-state index in [4.69, 9.17) is 10.5 Å². The van der Waals surface area contributed by atoms with Crippen molar-refractivity contribution in [2.24, 2.45) is 40.7 Å². The van der Waals surface area contributed by atoms with E-state index < -0.39 is 30.5 Å². The first-order valence-electron chi connectivity index (χ1n) is 20.1. The van der Waals surface area contributed by atoms with Crippen LogP contribution in [0, 0.1) is 46.8 Å². The standard InChI is InChI=1S/C44H57N3O6/c1-2-44-14-3-5-25(11-15-44)41(51)40-29(12-16-44)19-26-7-8-27-20-36(49)38(24-34(27)33(26)23-37(40)50)53-43-31(9-10-35(48)42(43)52)32(22-30-6-4-17-46-30)28-13-18-47-39(45)21-28/h4,6,13,17,19-21,24-25,29,31-33,35,37,40-43,46-52H,2-3,5,7-11,14-15,18,22-23,45H2,1H3. The Balaban J connectivity index is 1.13. The molecular formula is C44H57N3O6. The minimum atomic E-state index is -1.17. The molecule has 2 aromatic rings. The lowest BCUT2D eigenvalue weighted by atomic mass is 9.70. The highest BCUT2D eigenvalue weighted by molar-refractivity contribution is 5.52. The molecule has 12 atom stereocenters. The fourth-order valence-electron chi connectivity index (χ4n) is 10.8. The van der Waals surface area contributed by atoms with Crippen molar-refractivity contribution in [1.82, 2.24) is 10.3 Å². The van der Waals surface area contributed by atoms with Gasteiger partial charge in [0.15, 0.2) is 11.5 Å². The predicted molar refractivity (Wildman–Crippen MR) is 203 cm³/mol. The fraction of sp³-hybridized carbons (Fsp3) is 0.591. The number of aliphatic hydroxyl groups excluding tert-OH is 4. The Bertz CT molecular complexity index is 1810. The van der Waals surface area contributed by atoms with Gasteiger partial charge in [-0.25, -0.2) is 0 Å². The number of aryl methyl sites for hydroxylation is 1. The molecule has 8 rings (SSSR count). The Morgan fingerprint density at radius 1 is 1.04 bits per heavy atom. The van der Waals surface area contributed by atoms with E-state index in [9.17, 15) is 25.5 Å². The monoisotopic (exact) mass is 723 g/mol. The molecule has 0 radical (unpaired) electrons. The van der Waals surface area contributed by atoms with Crippen molar-refractivity contribution >= 4 is 0 Å². The summed E-state index contributed by atoms with van der Waals surface area (Å²) in [6.07, 6.45) is 13.7. The Morgan fingerprint density at radius 3 is 2.70 bits per heavy atom. The van der Waals surface area contributed by atoms with Crippen LogP contribution in [-0.2, 0) is 12.8 Å². The average Bonchev–Trinajstić information content (AvgIpc) is 3.52. The number of H-pyrrole nitrogens is 1. The number of aromatic nitrogens is 1. The van der Waals surface area contributed by atoms with Gasteiger partial charge in [-0.2, -0.15) is 0 Å². The van der Waals surface area contributed by atoms with Crippen molar-refractivity contribution in [2.75, 3.05) is 6.54 Å². The third kappa shape index (κ3) is 7.04. The Kier molecular flexibility index (Phi) is 10.2. The number of aromatic amines is 1. The summed E-state index contributed by atoms with van der Waals surface area (Å²) < 4.78 is 6.72. The van der Waals surface area contributed by atoms with Crippen molar-refractivity contribution in [3.8, 4) is 23.3 Å². The van der Waals surface area contributed by atoms with Gasteiger partial charge in [-0.15, -0.1) is 0 Å². The van der Waals surface area contributed by atoms with Crippen LogP contribution < -0.4 is 15.8 Å². The van der Waals surface area contributed by atoms with Gasteiger partial charge in [-0.05, 0) is 130 Å². The molecule has 6 aliphatic rings. The molecule has 0 spiro atoms. The topological polar surface area (TPSA) is 164 Å². The Labute approximate surface area is 313 Å². The van der Waals surface area contributed by atoms with E-state index in [1.807, 2.05) is 30.5 Å². The summed E-state index contributed by atoms with van der Waals surface area (Å²) in [5.41, 5.74) is 11.5. The van der Waals surface area contributed by atoms with E-state index in [-0.39, 0.29) is 52.4 Å². The van der Waals surface area contributed by atoms with Gasteiger partial charge in [-0.1, -0.05) is 42.9 Å². The van der Waals surface area contributed by atoms with Crippen LogP contribution in [0.15, 0.2) is 65.7 Å². The molecule has 9 heteroatoms. The summed E-state index contributed by atoms with van der Waals surface area (Å²) in [4.78, 5) is 3.33. The van der Waals surface area contributed by atoms with Crippen LogP contribution in [-0.4, -0.2) is 67.6 Å². The highest BCUT2D eigenvalue weighted by atomic mass is 16.5. The molecule has 12 unspecified atom stereocenters. The normalized spacial score (nSPS) is 37.1. The number of fused-ring (bicyclic) bond motifs is 7. The largest absolute Gasteiger partial charge is 0.504 e. The van der Waals surface area contributed by atoms with Crippen LogP contribution in [0.4, 0.5) is 0 Å². The van der Waals surface area contributed by atoms with Gasteiger partial charge in [0.2, 0.25) is 0 Å². The summed E-state index contributed by atoms with van der Waals surface area (Å²) in [5.74, 6) is 7.36. The summed E-state index contributed by atoms with van der Waals surface area (Å²) >= 11 is 0. The molecule has 0 saturated heterocycles. The zero-order valence-electron chi connectivity index (χ0n) is 30.9. The van der Waals surface area contributed by atoms with E-state index in [1.165, 1.54) is 5.57 Å². The van der Waals surface area contributed by atoms with E-state index >= 15 is 0 Å². The SMILES string of the molecule is CCC12C#CC3C=C4CCc5cc(O)c(OC6C(O)C(O)CCC6C(Cc6ccc[nH]6)C6=CCNC(N)=C6)cc5C4CC(O)C3C(O)C(CCC1)CC2. The van der Waals surface area contributed by atoms with E-state index in [1.54, 1.807) is 6.07 Å². The zero-order chi connectivity index (χ0) is 36.9. The molecule has 9 nitrogen and oxygen atoms in total. The van der Waals surface area contributed by atoms with Gasteiger partial charge >= 0.3 is 0 Å². The van der Waals surface area contributed by atoms with Crippen LogP contribution in [0.3, 0.4) is 0 Å². The predicted octanol–water partition coefficient (Wildman–Crippen LogP) is 5.10. The van der Waals surface area contributed by atoms with Crippen LogP contribution in [0.5, 0.6) is 11.5 Å². The third-order valence-electron chi connectivity index (χ3n) is 14.0. The molecule has 2 bridgehead atoms. The molecule has 53 heavy (non-hydrogen) atoms. The number of aromatic hydroxyl groups is 1. The number of nitrogens with one attached hydrogen (secondary N) is 2. The number of phenolic OH excluding ortho intramolecular Hbond substituents is 1. The number of phenols is 1. The van der Waals surface area contributed by atoms with E-state index in [0.29, 0.717) is 38.0 Å². The van der Waals surface area contributed by atoms with E-state index in [0.717, 1.165) is 73.8 Å². The average molecular weight is 724 g/mol. The van der Waals surface area contributed by atoms with Gasteiger partial charge in [-0.3, -0.25) is 0 Å². The molecule has 2 heterocycles. The maximum absolute atomic E-state index is 12.0. The molecule has 1 aromatic heterocycles. The zero-order valence-corrected chi connectivity index (χ0v) is 30.9. The van der Waals surface area contributed by atoms with Crippen molar-refractivity contribution < 1.29 is 30.3 Å². The molecular weight excluding hydrogens is 666 g/mol. The first-order valence-corrected chi connectivity index (χ1v) is 20.1. The molecule has 9 N–H and O–H groups in total. The van der Waals surface area contributed by atoms with Gasteiger partial charge in [0, 0.05) is 47.5 Å². The smallest absolute Gasteiger partial charge is 0.161 e. The van der Waals surface area contributed by atoms with Crippen LogP contribution in [0.1, 0.15) is 93.9 Å². The number of nitrogens with two attached hydrogens (primary N) is 1. The highest BCUT2D eigenvalue weighted by Gasteiger charge is 2.46. The van der Waals surface area contributed by atoms with E-state index in [2.05, 4.69) is 41.2 Å². The lowest BCUT2D eigenvalue weighted by Gasteiger charge is -2.43. The Hall–Kier alpha value is -3.68. The molecule has 1 aliphatic heterocycles. The van der Waals surface area contributed by atoms with Gasteiger partial charge < -0.3 is 46.3 Å². The summed E-state index contributed by atoms with van der Waals surface area (Å²) in [5, 5.41) is 61.1. The van der Waals surface area contributed by atoms with Crippen LogP contribution >= 0.6 is 0 Å². The van der Waals surface area contributed by atoms with Gasteiger partial charge in [0.05, 0.1) is 24.1 Å². The van der Waals surface area contributed by atoms with Crippen molar-refractivity contribution in [1.29, 1.82) is 0 Å². The number of hydrogen-bond acceptors (Lipinski definition) is 8. The maximum atomic E-state index is 12.0. The summed E-state index contributed by atoms with van der Waals surface area (Å²) in [6, 6.07) is 7.71. The number of rotatable bonds is 7. The second kappa shape index (κ2) is 14.9. The number of ether oxygens (including phenoxy) is 1. The number of hydrogen-bond donors (Lipinski definition) is 8. The van der Waals surface area contributed by atoms with Crippen molar-refractivity contribution in [3.05, 3.63) is 82.5 Å². The molecule has 0 amide bonds. The minimum absolute atomic E-state index is 0.00109. The molecule has 5 aliphatic carbocycles. The van der Waals surface area contributed by atoms with Crippen molar-refractivity contribution in [2.45, 2.75) is 120 Å². The first-order chi connectivity index (χ1) is 25.6. The number of aliphatic hydroxyl groups is 4. The van der Waals surface area contributed by atoms with Gasteiger partial charge in [0.1, 0.15) is 12.2 Å². The number of allylic oxidation sites excluding steroid dienone is 4. The quantitative estimate of drug-likeness (QED) is 0.145. The van der Waals surface area contributed by atoms with Crippen LogP contribution in [0.2, 0.25) is 0 Å². The summed E-state index contributed by atoms with van der Waals surface area (Å²) in [6.45, 7) is 2.83. The van der Waals surface area contributed by atoms with Gasteiger partial charge in [0.25, 0.3) is 0 Å². The van der Waals surface area contributed by atoms with Crippen LogP contribution in [0.25, 0.3) is 0 Å². The highest BCUT2D eigenvalue weighted by Crippen LogP contribution is 2.50. The molecule has 2 fully saturated rings. The lowest BCUT2D eigenvalue weighted by Crippen LogP contribution is -2.52. The lowest BCUT2D eigenvalue weighted by molar-refractivity contribution is -0.108. The maximum Gasteiger partial charge on any atom is 0.161 e. The third-order valence-corrected chi connectivity index (χ3v) is 14.0. The summed E-state index contributed by atoms with van der Waals surface area (Å²) in [7, 11) is 0. The molecule has 284 valence electrons. The fourth-order valence-corrected chi connectivity index (χ4v) is 10.8. The number of benzene rings is 1. The second-order valence-electron chi connectivity index (χ2n) is 16.9. The number of dihydropyridines is 1. The Morgan fingerprint density at radius 2 is 1.91 bits per heavy atom. The molecule has 2 saturated carbocycles. The van der Waals surface area contributed by atoms with Crippen molar-refractivity contribution in [3.63, 3.8) is 0 Å². The second-order valence-corrected chi connectivity index (χ2v) is 16.9. The minimum Gasteiger partial charge on any atom is -0.504 e. The molecule has 1 aromatic carbocycles.